The fraction of sp³-hybridized carbons (Fsp3) is 0.167. The van der Waals surface area contributed by atoms with Crippen LogP contribution >= 0.6 is 11.6 Å². The highest BCUT2D eigenvalue weighted by atomic mass is 35.5. The Morgan fingerprint density at radius 1 is 1.18 bits per heavy atom. The van der Waals surface area contributed by atoms with Gasteiger partial charge in [-0.15, -0.1) is 0 Å². The molecule has 0 aliphatic carbocycles. The molecule has 0 bridgehead atoms. The maximum atomic E-state index is 5.84. The third-order valence-electron chi connectivity index (χ3n) is 2.56. The van der Waals surface area contributed by atoms with E-state index in [9.17, 15) is 0 Å². The van der Waals surface area contributed by atoms with Crippen LogP contribution in [0.4, 0.5) is 0 Å². The minimum Gasteiger partial charge on any atom is -0.271 e. The van der Waals surface area contributed by atoms with Gasteiger partial charge >= 0.3 is 0 Å². The first-order valence-corrected chi connectivity index (χ1v) is 5.64. The van der Waals surface area contributed by atoms with Crippen molar-refractivity contribution < 1.29 is 0 Å². The number of hydrazine groups is 1. The van der Waals surface area contributed by atoms with Crippen molar-refractivity contribution in [1.29, 1.82) is 0 Å². The maximum absolute atomic E-state index is 5.84. The van der Waals surface area contributed by atoms with E-state index in [-0.39, 0.29) is 6.04 Å². The number of benzene rings is 1. The minimum atomic E-state index is 0.0201. The number of nitrogens with zero attached hydrogens (tertiary/aromatic N) is 2. The van der Waals surface area contributed by atoms with Gasteiger partial charge in [0.15, 0.2) is 0 Å². The zero-order chi connectivity index (χ0) is 12.1. The first-order valence-electron chi connectivity index (χ1n) is 5.27. The van der Waals surface area contributed by atoms with Gasteiger partial charge < -0.3 is 0 Å². The Kier molecular flexibility index (Phi) is 4.03. The fourth-order valence-corrected chi connectivity index (χ4v) is 1.76. The summed E-state index contributed by atoms with van der Waals surface area (Å²) in [6.07, 6.45) is 4.14. The number of halogens is 1. The molecule has 0 fully saturated rings. The Morgan fingerprint density at radius 2 is 1.94 bits per heavy atom. The van der Waals surface area contributed by atoms with Gasteiger partial charge in [0.05, 0.1) is 12.2 Å². The summed E-state index contributed by atoms with van der Waals surface area (Å²) in [5, 5.41) is 8.32. The standard InChI is InChI=1S/C12H13ClN4/c13-11-3-1-9(2-4-11)7-12(17-14)10-5-6-15-16-8-10/h1-6,8,12,17H,7,14H2. The molecule has 0 aliphatic heterocycles. The van der Waals surface area contributed by atoms with Crippen molar-refractivity contribution in [2.24, 2.45) is 5.84 Å². The molecule has 17 heavy (non-hydrogen) atoms. The van der Waals surface area contributed by atoms with Gasteiger partial charge in [-0.3, -0.25) is 11.3 Å². The molecule has 2 rings (SSSR count). The number of rotatable bonds is 4. The Morgan fingerprint density at radius 3 is 2.53 bits per heavy atom. The van der Waals surface area contributed by atoms with Crippen LogP contribution in [0.3, 0.4) is 0 Å². The van der Waals surface area contributed by atoms with Gasteiger partial charge in [-0.1, -0.05) is 23.7 Å². The van der Waals surface area contributed by atoms with E-state index in [0.29, 0.717) is 0 Å². The first-order chi connectivity index (χ1) is 8.29. The van der Waals surface area contributed by atoms with Crippen LogP contribution in [0.5, 0.6) is 0 Å². The molecular formula is C12H13ClN4. The Hall–Kier alpha value is -1.49. The van der Waals surface area contributed by atoms with Gasteiger partial charge in [-0.25, -0.2) is 0 Å². The van der Waals surface area contributed by atoms with E-state index in [1.165, 1.54) is 0 Å². The minimum absolute atomic E-state index is 0.0201. The molecule has 0 amide bonds. The Balaban J connectivity index is 2.13. The second-order valence-corrected chi connectivity index (χ2v) is 4.16. The summed E-state index contributed by atoms with van der Waals surface area (Å²) < 4.78 is 0. The van der Waals surface area contributed by atoms with Crippen LogP contribution in [0.2, 0.25) is 5.02 Å². The molecule has 0 aliphatic rings. The van der Waals surface area contributed by atoms with Crippen molar-refractivity contribution in [3.63, 3.8) is 0 Å². The lowest BCUT2D eigenvalue weighted by Crippen LogP contribution is -2.29. The van der Waals surface area contributed by atoms with Crippen LogP contribution in [0.25, 0.3) is 0 Å². The summed E-state index contributed by atoms with van der Waals surface area (Å²) in [4.78, 5) is 0. The largest absolute Gasteiger partial charge is 0.271 e. The molecule has 1 aromatic heterocycles. The highest BCUT2D eigenvalue weighted by molar-refractivity contribution is 6.30. The molecule has 0 saturated heterocycles. The van der Waals surface area contributed by atoms with Crippen molar-refractivity contribution in [2.75, 3.05) is 0 Å². The molecule has 0 saturated carbocycles. The van der Waals surface area contributed by atoms with Crippen LogP contribution in [0, 0.1) is 0 Å². The van der Waals surface area contributed by atoms with E-state index in [0.717, 1.165) is 22.6 Å². The van der Waals surface area contributed by atoms with Gasteiger partial charge in [-0.2, -0.15) is 10.2 Å². The van der Waals surface area contributed by atoms with E-state index < -0.39 is 0 Å². The zero-order valence-electron chi connectivity index (χ0n) is 9.18. The van der Waals surface area contributed by atoms with Crippen molar-refractivity contribution in [3.8, 4) is 0 Å². The molecule has 0 spiro atoms. The molecule has 88 valence electrons. The van der Waals surface area contributed by atoms with E-state index in [1.54, 1.807) is 12.4 Å². The van der Waals surface area contributed by atoms with Crippen molar-refractivity contribution in [3.05, 3.63) is 58.9 Å². The summed E-state index contributed by atoms with van der Waals surface area (Å²) in [7, 11) is 0. The maximum Gasteiger partial charge on any atom is 0.0544 e. The molecular weight excluding hydrogens is 236 g/mol. The van der Waals surface area contributed by atoms with Gasteiger partial charge in [0.2, 0.25) is 0 Å². The van der Waals surface area contributed by atoms with Gasteiger partial charge in [0.25, 0.3) is 0 Å². The highest BCUT2D eigenvalue weighted by Gasteiger charge is 2.10. The summed E-state index contributed by atoms with van der Waals surface area (Å²) >= 11 is 5.84. The zero-order valence-corrected chi connectivity index (χ0v) is 9.93. The molecule has 3 N–H and O–H groups in total. The third-order valence-corrected chi connectivity index (χ3v) is 2.82. The molecule has 0 radical (unpaired) electrons. The normalized spacial score (nSPS) is 12.4. The average Bonchev–Trinajstić information content (AvgIpc) is 2.39. The average molecular weight is 249 g/mol. The lowest BCUT2D eigenvalue weighted by Gasteiger charge is -2.15. The highest BCUT2D eigenvalue weighted by Crippen LogP contribution is 2.18. The molecule has 1 atom stereocenters. The third kappa shape index (κ3) is 3.23. The predicted molar refractivity (Wildman–Crippen MR) is 67.3 cm³/mol. The molecule has 1 aromatic carbocycles. The monoisotopic (exact) mass is 248 g/mol. The molecule has 5 heteroatoms. The smallest absolute Gasteiger partial charge is 0.0544 e. The second kappa shape index (κ2) is 5.72. The second-order valence-electron chi connectivity index (χ2n) is 3.73. The summed E-state index contributed by atoms with van der Waals surface area (Å²) in [6, 6.07) is 9.63. The van der Waals surface area contributed by atoms with E-state index >= 15 is 0 Å². The molecule has 4 nitrogen and oxygen atoms in total. The van der Waals surface area contributed by atoms with Crippen molar-refractivity contribution >= 4 is 11.6 Å². The first kappa shape index (κ1) is 12.0. The molecule has 1 unspecified atom stereocenters. The van der Waals surface area contributed by atoms with Crippen molar-refractivity contribution in [1.82, 2.24) is 15.6 Å². The Labute approximate surface area is 105 Å². The summed E-state index contributed by atoms with van der Waals surface area (Å²) in [6.45, 7) is 0. The number of nitrogens with two attached hydrogens (primary N) is 1. The number of hydrogen-bond donors (Lipinski definition) is 2. The molecule has 2 aromatic rings. The number of aromatic nitrogens is 2. The summed E-state index contributed by atoms with van der Waals surface area (Å²) in [5.74, 6) is 5.56. The Bertz CT molecular complexity index is 458. The van der Waals surface area contributed by atoms with Gasteiger partial charge in [-0.05, 0) is 35.7 Å². The summed E-state index contributed by atoms with van der Waals surface area (Å²) in [5.41, 5.74) is 4.95. The van der Waals surface area contributed by atoms with Crippen molar-refractivity contribution in [2.45, 2.75) is 12.5 Å². The van der Waals surface area contributed by atoms with E-state index in [2.05, 4.69) is 15.6 Å². The molecule has 1 heterocycles. The van der Waals surface area contributed by atoms with Crippen LogP contribution < -0.4 is 11.3 Å². The van der Waals surface area contributed by atoms with E-state index in [4.69, 9.17) is 17.4 Å². The van der Waals surface area contributed by atoms with Gasteiger partial charge in [0.1, 0.15) is 0 Å². The lowest BCUT2D eigenvalue weighted by atomic mass is 10.0. The lowest BCUT2D eigenvalue weighted by molar-refractivity contribution is 0.548. The van der Waals surface area contributed by atoms with Crippen LogP contribution in [0.1, 0.15) is 17.2 Å². The number of nitrogens with one attached hydrogen (secondary N) is 1. The van der Waals surface area contributed by atoms with Crippen LogP contribution in [-0.2, 0) is 6.42 Å². The SMILES string of the molecule is NNC(Cc1ccc(Cl)cc1)c1ccnnc1. The predicted octanol–water partition coefficient (Wildman–Crippen LogP) is 1.88. The topological polar surface area (TPSA) is 63.8 Å². The van der Waals surface area contributed by atoms with Crippen LogP contribution in [0.15, 0.2) is 42.7 Å². The quantitative estimate of drug-likeness (QED) is 0.641. The fourth-order valence-electron chi connectivity index (χ4n) is 1.64. The van der Waals surface area contributed by atoms with Crippen LogP contribution in [-0.4, -0.2) is 10.2 Å². The van der Waals surface area contributed by atoms with E-state index in [1.807, 2.05) is 30.3 Å². The number of hydrogen-bond acceptors (Lipinski definition) is 4. The van der Waals surface area contributed by atoms with Gasteiger partial charge in [0, 0.05) is 11.2 Å².